The van der Waals surface area contributed by atoms with Crippen LogP contribution in [-0.4, -0.2) is 94.8 Å². The number of hydrogen-bond donors (Lipinski definition) is 0. The quantitative estimate of drug-likeness (QED) is 0.743. The summed E-state index contributed by atoms with van der Waals surface area (Å²) in [6.45, 7) is 6.64. The number of carbonyl (C=O) groups excluding carboxylic acids is 1. The second kappa shape index (κ2) is 7.68. The van der Waals surface area contributed by atoms with E-state index in [1.54, 1.807) is 7.11 Å². The molecule has 30 heavy (non-hydrogen) atoms. The number of aryl methyl sites for hydroxylation is 1. The van der Waals surface area contributed by atoms with E-state index in [4.69, 9.17) is 9.47 Å². The lowest BCUT2D eigenvalue weighted by Crippen LogP contribution is -2.80. The Kier molecular flexibility index (Phi) is 5.00. The van der Waals surface area contributed by atoms with Crippen LogP contribution < -0.4 is 4.74 Å². The number of amides is 1. The average Bonchev–Trinajstić information content (AvgIpc) is 3.16. The predicted octanol–water partition coefficient (Wildman–Crippen LogP) is 0.840. The van der Waals surface area contributed by atoms with Gasteiger partial charge >= 0.3 is 0 Å². The molecule has 160 valence electrons. The van der Waals surface area contributed by atoms with Crippen LogP contribution in [-0.2, 0) is 18.3 Å². The number of rotatable bonds is 4. The molecule has 0 N–H and O–H groups in total. The molecule has 1 aromatic heterocycles. The molecule has 2 aromatic rings. The largest absolute Gasteiger partial charge is 0.497 e. The second-order valence-electron chi connectivity index (χ2n) is 8.71. The molecule has 1 aromatic carbocycles. The lowest BCUT2D eigenvalue weighted by atomic mass is 9.82. The van der Waals surface area contributed by atoms with Gasteiger partial charge in [0.15, 0.2) is 0 Å². The van der Waals surface area contributed by atoms with Gasteiger partial charge in [-0.15, -0.1) is 0 Å². The van der Waals surface area contributed by atoms with Gasteiger partial charge in [0.05, 0.1) is 43.9 Å². The van der Waals surface area contributed by atoms with Gasteiger partial charge in [-0.2, -0.15) is 0 Å². The molecule has 1 amide bonds. The Morgan fingerprint density at radius 2 is 2.20 bits per heavy atom. The van der Waals surface area contributed by atoms with Crippen molar-refractivity contribution in [1.29, 1.82) is 0 Å². The summed E-state index contributed by atoms with van der Waals surface area (Å²) in [6.07, 6.45) is 3.78. The van der Waals surface area contributed by atoms with Crippen molar-refractivity contribution >= 4 is 5.91 Å². The standard InChI is InChI=1S/C22H29N5O3/c1-24-16-23-9-18(24)10-25-13-22(14-25)15-26(11-19-12-30-7-6-27(19)22)21(28)17-4-3-5-20(8-17)29-2/h3-5,8-9,16,19H,6-7,10-15H2,1-2H3/t19-/m1/s1. The van der Waals surface area contributed by atoms with Crippen LogP contribution in [0.25, 0.3) is 0 Å². The van der Waals surface area contributed by atoms with Crippen LogP contribution in [0.2, 0.25) is 0 Å². The smallest absolute Gasteiger partial charge is 0.254 e. The Morgan fingerprint density at radius 3 is 2.97 bits per heavy atom. The molecule has 0 saturated carbocycles. The van der Waals surface area contributed by atoms with E-state index >= 15 is 0 Å². The molecular weight excluding hydrogens is 382 g/mol. The maximum atomic E-state index is 13.3. The van der Waals surface area contributed by atoms with Crippen molar-refractivity contribution in [2.45, 2.75) is 18.1 Å². The van der Waals surface area contributed by atoms with Crippen LogP contribution in [0.3, 0.4) is 0 Å². The van der Waals surface area contributed by atoms with Crippen LogP contribution in [0.1, 0.15) is 16.1 Å². The molecule has 5 rings (SSSR count). The highest BCUT2D eigenvalue weighted by atomic mass is 16.5. The van der Waals surface area contributed by atoms with Crippen molar-refractivity contribution in [3.05, 3.63) is 48.0 Å². The van der Waals surface area contributed by atoms with Crippen molar-refractivity contribution < 1.29 is 14.3 Å². The van der Waals surface area contributed by atoms with E-state index in [1.807, 2.05) is 48.7 Å². The molecule has 0 bridgehead atoms. The van der Waals surface area contributed by atoms with Crippen LogP contribution in [0.5, 0.6) is 5.75 Å². The van der Waals surface area contributed by atoms with Gasteiger partial charge in [-0.1, -0.05) is 6.07 Å². The van der Waals surface area contributed by atoms with E-state index in [0.29, 0.717) is 24.5 Å². The minimum absolute atomic E-state index is 0.000182. The highest BCUT2D eigenvalue weighted by molar-refractivity contribution is 5.94. The fraction of sp³-hybridized carbons (Fsp3) is 0.545. The van der Waals surface area contributed by atoms with Gasteiger partial charge in [0.25, 0.3) is 5.91 Å². The van der Waals surface area contributed by atoms with E-state index in [-0.39, 0.29) is 17.5 Å². The summed E-state index contributed by atoms with van der Waals surface area (Å²) < 4.78 is 13.2. The number of likely N-dealkylation sites (tertiary alicyclic amines) is 1. The molecule has 3 aliphatic heterocycles. The number of nitrogens with zero attached hydrogens (tertiary/aromatic N) is 5. The Balaban J connectivity index is 1.34. The zero-order valence-corrected chi connectivity index (χ0v) is 17.7. The number of morpholine rings is 1. The molecule has 4 heterocycles. The van der Waals surface area contributed by atoms with Gasteiger partial charge in [0.1, 0.15) is 5.75 Å². The summed E-state index contributed by atoms with van der Waals surface area (Å²) >= 11 is 0. The summed E-state index contributed by atoms with van der Waals surface area (Å²) in [7, 11) is 3.66. The lowest BCUT2D eigenvalue weighted by Gasteiger charge is -2.63. The molecule has 0 aliphatic carbocycles. The maximum absolute atomic E-state index is 13.3. The third kappa shape index (κ3) is 3.38. The fourth-order valence-corrected chi connectivity index (χ4v) is 5.23. The van der Waals surface area contributed by atoms with Gasteiger partial charge in [0.2, 0.25) is 0 Å². The molecule has 3 saturated heterocycles. The topological polar surface area (TPSA) is 63.1 Å². The minimum Gasteiger partial charge on any atom is -0.497 e. The first-order valence-corrected chi connectivity index (χ1v) is 10.5. The number of hydrogen-bond acceptors (Lipinski definition) is 6. The first-order chi connectivity index (χ1) is 14.6. The highest BCUT2D eigenvalue weighted by Gasteiger charge is 2.54. The maximum Gasteiger partial charge on any atom is 0.254 e. The Bertz CT molecular complexity index is 923. The summed E-state index contributed by atoms with van der Waals surface area (Å²) in [5.41, 5.74) is 1.89. The average molecular weight is 412 g/mol. The van der Waals surface area contributed by atoms with Crippen molar-refractivity contribution in [1.82, 2.24) is 24.3 Å². The Hall–Kier alpha value is -2.42. The van der Waals surface area contributed by atoms with Crippen molar-refractivity contribution in [2.75, 3.05) is 53.0 Å². The van der Waals surface area contributed by atoms with Gasteiger partial charge in [-0.3, -0.25) is 14.6 Å². The summed E-state index contributed by atoms with van der Waals surface area (Å²) in [5.74, 6) is 0.782. The van der Waals surface area contributed by atoms with Gasteiger partial charge in [0, 0.05) is 58.1 Å². The molecule has 1 spiro atoms. The summed E-state index contributed by atoms with van der Waals surface area (Å²) in [6, 6.07) is 7.69. The molecule has 0 radical (unpaired) electrons. The monoisotopic (exact) mass is 411 g/mol. The molecule has 8 nitrogen and oxygen atoms in total. The number of piperazine rings is 1. The number of imidazole rings is 1. The number of ether oxygens (including phenoxy) is 2. The normalized spacial score (nSPS) is 23.8. The number of carbonyl (C=O) groups is 1. The second-order valence-corrected chi connectivity index (χ2v) is 8.71. The molecule has 3 aliphatic rings. The van der Waals surface area contributed by atoms with E-state index in [1.165, 1.54) is 5.69 Å². The number of methoxy groups -OCH3 is 1. The predicted molar refractivity (Wildman–Crippen MR) is 111 cm³/mol. The van der Waals surface area contributed by atoms with E-state index in [2.05, 4.69) is 19.4 Å². The number of aromatic nitrogens is 2. The lowest BCUT2D eigenvalue weighted by molar-refractivity contribution is -0.160. The zero-order valence-electron chi connectivity index (χ0n) is 17.7. The first kappa shape index (κ1) is 19.5. The van der Waals surface area contributed by atoms with Crippen LogP contribution in [0, 0.1) is 0 Å². The molecule has 8 heteroatoms. The van der Waals surface area contributed by atoms with E-state index in [0.717, 1.165) is 39.3 Å². The molecule has 3 fully saturated rings. The number of fused-ring (bicyclic) bond motifs is 2. The van der Waals surface area contributed by atoms with Gasteiger partial charge in [-0.25, -0.2) is 4.98 Å². The van der Waals surface area contributed by atoms with Gasteiger partial charge < -0.3 is 18.9 Å². The highest BCUT2D eigenvalue weighted by Crippen LogP contribution is 2.37. The molecular formula is C22H29N5O3. The SMILES string of the molecule is COc1cccc(C(=O)N2C[C@@H]3COCCN3C3(CN(Cc4cncn4C)C3)C2)c1. The minimum atomic E-state index is -0.000182. The van der Waals surface area contributed by atoms with E-state index in [9.17, 15) is 4.79 Å². The van der Waals surface area contributed by atoms with Crippen molar-refractivity contribution in [3.63, 3.8) is 0 Å². The van der Waals surface area contributed by atoms with Gasteiger partial charge in [-0.05, 0) is 18.2 Å². The summed E-state index contributed by atoms with van der Waals surface area (Å²) in [5, 5.41) is 0. The third-order valence-corrected chi connectivity index (χ3v) is 6.69. The Morgan fingerprint density at radius 1 is 1.33 bits per heavy atom. The fourth-order valence-electron chi connectivity index (χ4n) is 5.23. The Labute approximate surface area is 177 Å². The van der Waals surface area contributed by atoms with Crippen molar-refractivity contribution in [2.24, 2.45) is 7.05 Å². The third-order valence-electron chi connectivity index (χ3n) is 6.69. The first-order valence-electron chi connectivity index (χ1n) is 10.5. The van der Waals surface area contributed by atoms with E-state index < -0.39 is 0 Å². The molecule has 0 unspecified atom stereocenters. The zero-order chi connectivity index (χ0) is 20.7. The van der Waals surface area contributed by atoms with Crippen LogP contribution in [0.4, 0.5) is 0 Å². The van der Waals surface area contributed by atoms with Crippen molar-refractivity contribution in [3.8, 4) is 5.75 Å². The number of benzene rings is 1. The van der Waals surface area contributed by atoms with Crippen LogP contribution >= 0.6 is 0 Å². The van der Waals surface area contributed by atoms with Crippen LogP contribution in [0.15, 0.2) is 36.8 Å². The molecule has 1 atom stereocenters. The summed E-state index contributed by atoms with van der Waals surface area (Å²) in [4.78, 5) is 24.6.